The first-order chi connectivity index (χ1) is 19.8. The van der Waals surface area contributed by atoms with Crippen LogP contribution in [0.3, 0.4) is 0 Å². The molecule has 0 aliphatic carbocycles. The highest BCUT2D eigenvalue weighted by Gasteiger charge is 2.15. The third-order valence-corrected chi connectivity index (χ3v) is 6.96. The van der Waals surface area contributed by atoms with Gasteiger partial charge < -0.3 is 18.8 Å². The number of rotatable bonds is 12. The third kappa shape index (κ3) is 7.89. The summed E-state index contributed by atoms with van der Waals surface area (Å²) in [4.78, 5) is 6.30. The van der Waals surface area contributed by atoms with E-state index in [1.165, 1.54) is 6.39 Å². The quantitative estimate of drug-likeness (QED) is 0.174. The monoisotopic (exact) mass is 569 g/mol. The molecule has 4 aromatic carbocycles. The molecule has 0 atom stereocenters. The van der Waals surface area contributed by atoms with Gasteiger partial charge in [-0.15, -0.1) is 0 Å². The van der Waals surface area contributed by atoms with Crippen molar-refractivity contribution in [3.8, 4) is 17.2 Å². The van der Waals surface area contributed by atoms with Gasteiger partial charge in [0.15, 0.2) is 6.39 Å². The maximum atomic E-state index is 11.9. The first kappa shape index (κ1) is 27.8. The van der Waals surface area contributed by atoms with Crippen LogP contribution in [0, 0.1) is 6.92 Å². The molecule has 0 amide bonds. The number of nitrogens with one attached hydrogen (secondary N) is 1. The Bertz CT molecular complexity index is 1670. The number of benzene rings is 4. The van der Waals surface area contributed by atoms with Gasteiger partial charge in [-0.1, -0.05) is 54.6 Å². The summed E-state index contributed by atoms with van der Waals surface area (Å²) < 4.78 is 43.3. The first-order valence-electron chi connectivity index (χ1n) is 13.1. The second kappa shape index (κ2) is 12.6. The zero-order chi connectivity index (χ0) is 28.7. The van der Waals surface area contributed by atoms with Gasteiger partial charge in [0.1, 0.15) is 35.8 Å². The molecule has 1 aromatic heterocycles. The molecule has 0 fully saturated rings. The molecule has 1 N–H and O–H groups in total. The molecule has 41 heavy (non-hydrogen) atoms. The maximum Gasteiger partial charge on any atom is 0.229 e. The standard InChI is InChI=1S/C32H31N3O5S/c1-24-31(34-41(2,36)37)12-7-13-32(24)35(19-25-8-4-3-5-9-25)20-26-14-16-28(17-15-26)40-30-11-6-10-29(18-30)39-22-27-21-38-23-33-27/h3-18,21,23,34H,19-20,22H2,1-2H3. The van der Waals surface area contributed by atoms with E-state index in [0.29, 0.717) is 48.3 Å². The predicted molar refractivity (Wildman–Crippen MR) is 160 cm³/mol. The zero-order valence-corrected chi connectivity index (χ0v) is 23.7. The number of aromatic nitrogens is 1. The van der Waals surface area contributed by atoms with Gasteiger partial charge in [0, 0.05) is 24.8 Å². The fourth-order valence-electron chi connectivity index (χ4n) is 4.42. The Morgan fingerprint density at radius 1 is 0.829 bits per heavy atom. The first-order valence-corrected chi connectivity index (χ1v) is 14.9. The minimum Gasteiger partial charge on any atom is -0.487 e. The van der Waals surface area contributed by atoms with Crippen LogP contribution in [0.5, 0.6) is 17.2 Å². The van der Waals surface area contributed by atoms with Gasteiger partial charge in [0.05, 0.1) is 11.9 Å². The fraction of sp³-hybridized carbons (Fsp3) is 0.156. The van der Waals surface area contributed by atoms with Crippen molar-refractivity contribution in [1.29, 1.82) is 0 Å². The molecule has 5 aromatic rings. The molecule has 1 heterocycles. The topological polar surface area (TPSA) is 93.9 Å². The van der Waals surface area contributed by atoms with Gasteiger partial charge in [-0.25, -0.2) is 13.4 Å². The predicted octanol–water partition coefficient (Wildman–Crippen LogP) is 6.93. The van der Waals surface area contributed by atoms with Crippen molar-refractivity contribution in [2.45, 2.75) is 26.6 Å². The second-order valence-electron chi connectivity index (χ2n) is 9.65. The number of ether oxygens (including phenoxy) is 2. The Balaban J connectivity index is 1.32. The van der Waals surface area contributed by atoms with Gasteiger partial charge >= 0.3 is 0 Å². The molecule has 0 radical (unpaired) electrons. The number of hydrogen-bond donors (Lipinski definition) is 1. The van der Waals surface area contributed by atoms with Crippen LogP contribution in [0.4, 0.5) is 11.4 Å². The van der Waals surface area contributed by atoms with Crippen LogP contribution >= 0.6 is 0 Å². The van der Waals surface area contributed by atoms with Crippen molar-refractivity contribution < 1.29 is 22.3 Å². The highest BCUT2D eigenvalue weighted by Crippen LogP contribution is 2.31. The number of oxazole rings is 1. The van der Waals surface area contributed by atoms with E-state index in [-0.39, 0.29) is 0 Å². The van der Waals surface area contributed by atoms with Crippen LogP contribution in [-0.4, -0.2) is 19.7 Å². The maximum absolute atomic E-state index is 11.9. The number of nitrogens with zero attached hydrogens (tertiary/aromatic N) is 2. The molecule has 0 aliphatic heterocycles. The van der Waals surface area contributed by atoms with E-state index in [0.717, 1.165) is 28.6 Å². The lowest BCUT2D eigenvalue weighted by atomic mass is 10.1. The smallest absolute Gasteiger partial charge is 0.229 e. The van der Waals surface area contributed by atoms with Crippen molar-refractivity contribution in [2.75, 3.05) is 15.9 Å². The van der Waals surface area contributed by atoms with Crippen molar-refractivity contribution >= 4 is 21.4 Å². The molecule has 0 saturated heterocycles. The molecule has 0 unspecified atom stereocenters. The molecule has 0 spiro atoms. The molecule has 0 bridgehead atoms. The molecular weight excluding hydrogens is 538 g/mol. The van der Waals surface area contributed by atoms with Crippen molar-refractivity contribution in [3.63, 3.8) is 0 Å². The lowest BCUT2D eigenvalue weighted by molar-refractivity contribution is 0.299. The molecule has 0 saturated carbocycles. The SMILES string of the molecule is Cc1c(NS(C)(=O)=O)cccc1N(Cc1ccccc1)Cc1ccc(Oc2cccc(OCc3cocn3)c2)cc1. The Morgan fingerprint density at radius 2 is 1.54 bits per heavy atom. The van der Waals surface area contributed by atoms with E-state index in [1.807, 2.05) is 85.8 Å². The van der Waals surface area contributed by atoms with E-state index in [9.17, 15) is 8.42 Å². The van der Waals surface area contributed by atoms with E-state index >= 15 is 0 Å². The number of sulfonamides is 1. The van der Waals surface area contributed by atoms with Gasteiger partial charge in [-0.05, 0) is 60.0 Å². The highest BCUT2D eigenvalue weighted by atomic mass is 32.2. The van der Waals surface area contributed by atoms with Gasteiger partial charge in [-0.3, -0.25) is 4.72 Å². The fourth-order valence-corrected chi connectivity index (χ4v) is 5.04. The van der Waals surface area contributed by atoms with Crippen LogP contribution in [-0.2, 0) is 29.7 Å². The third-order valence-electron chi connectivity index (χ3n) is 6.37. The largest absolute Gasteiger partial charge is 0.487 e. The zero-order valence-electron chi connectivity index (χ0n) is 22.9. The van der Waals surface area contributed by atoms with E-state index < -0.39 is 10.0 Å². The molecule has 5 rings (SSSR count). The van der Waals surface area contributed by atoms with Crippen LogP contribution in [0.25, 0.3) is 0 Å². The summed E-state index contributed by atoms with van der Waals surface area (Å²) in [5.41, 5.74) is 5.32. The lowest BCUT2D eigenvalue weighted by Gasteiger charge is -2.28. The van der Waals surface area contributed by atoms with Gasteiger partial charge in [-0.2, -0.15) is 0 Å². The van der Waals surface area contributed by atoms with Crippen LogP contribution in [0.1, 0.15) is 22.4 Å². The van der Waals surface area contributed by atoms with Crippen molar-refractivity contribution in [3.05, 3.63) is 132 Å². The summed E-state index contributed by atoms with van der Waals surface area (Å²) in [7, 11) is -3.40. The van der Waals surface area contributed by atoms with Crippen LogP contribution in [0.2, 0.25) is 0 Å². The molecule has 9 heteroatoms. The minimum absolute atomic E-state index is 0.306. The van der Waals surface area contributed by atoms with E-state index in [1.54, 1.807) is 12.3 Å². The molecule has 8 nitrogen and oxygen atoms in total. The summed E-state index contributed by atoms with van der Waals surface area (Å²) in [6, 6.07) is 31.2. The van der Waals surface area contributed by atoms with E-state index in [2.05, 4.69) is 26.7 Å². The number of hydrogen-bond acceptors (Lipinski definition) is 7. The minimum atomic E-state index is -3.40. The normalized spacial score (nSPS) is 11.2. The Hall–Kier alpha value is -4.76. The summed E-state index contributed by atoms with van der Waals surface area (Å²) >= 11 is 0. The van der Waals surface area contributed by atoms with Crippen molar-refractivity contribution in [2.24, 2.45) is 0 Å². The summed E-state index contributed by atoms with van der Waals surface area (Å²) in [5.74, 6) is 2.03. The summed E-state index contributed by atoms with van der Waals surface area (Å²) in [6.07, 6.45) is 4.08. The van der Waals surface area contributed by atoms with Crippen LogP contribution < -0.4 is 19.1 Å². The number of anilines is 2. The Morgan fingerprint density at radius 3 is 2.24 bits per heavy atom. The highest BCUT2D eigenvalue weighted by molar-refractivity contribution is 7.92. The summed E-state index contributed by atoms with van der Waals surface area (Å²) in [6.45, 7) is 3.51. The van der Waals surface area contributed by atoms with E-state index in [4.69, 9.17) is 13.9 Å². The van der Waals surface area contributed by atoms with Crippen LogP contribution in [0.15, 0.2) is 114 Å². The van der Waals surface area contributed by atoms with Gasteiger partial charge in [0.2, 0.25) is 10.0 Å². The second-order valence-corrected chi connectivity index (χ2v) is 11.4. The average Bonchev–Trinajstić information content (AvgIpc) is 3.48. The lowest BCUT2D eigenvalue weighted by Crippen LogP contribution is -2.23. The molecule has 210 valence electrons. The molecular formula is C32H31N3O5S. The average molecular weight is 570 g/mol. The molecule has 0 aliphatic rings. The summed E-state index contributed by atoms with van der Waals surface area (Å²) in [5, 5.41) is 0. The van der Waals surface area contributed by atoms with Gasteiger partial charge in [0.25, 0.3) is 0 Å². The Kier molecular flexibility index (Phi) is 8.55. The Labute approximate surface area is 240 Å². The van der Waals surface area contributed by atoms with Crippen molar-refractivity contribution in [1.82, 2.24) is 4.98 Å².